The van der Waals surface area contributed by atoms with E-state index in [4.69, 9.17) is 4.74 Å². The van der Waals surface area contributed by atoms with Crippen molar-refractivity contribution in [2.45, 2.75) is 0 Å². The Morgan fingerprint density at radius 1 is 1.20 bits per heavy atom. The first-order valence-corrected chi connectivity index (χ1v) is 4.75. The molecule has 1 rings (SSSR count). The molecule has 0 heterocycles. The molecule has 1 N–H and O–H groups in total. The van der Waals surface area contributed by atoms with E-state index in [9.17, 15) is 4.79 Å². The van der Waals surface area contributed by atoms with E-state index < -0.39 is 6.09 Å². The Morgan fingerprint density at radius 3 is 2.13 bits per heavy atom. The lowest BCUT2D eigenvalue weighted by Gasteiger charge is -2.23. The number of nitrogens with zero attached hydrogens (tertiary/aromatic N) is 1. The molecule has 0 unspecified atom stereocenters. The molecule has 15 heavy (non-hydrogen) atoms. The maximum absolute atomic E-state index is 10.9. The number of hydrogen-bond acceptors (Lipinski definition) is 2. The molecule has 0 aliphatic rings. The summed E-state index contributed by atoms with van der Waals surface area (Å²) >= 11 is 0. The van der Waals surface area contributed by atoms with Crippen molar-refractivity contribution < 1.29 is 9.53 Å². The number of hydrogen-bond donors (Lipinski definition) is 1. The second kappa shape index (κ2) is 4.31. The number of carbonyl (C=O) groups is 1. The SMILES string of the molecule is CNC(=O)Oc1ccc([N+](C)(C)C)cc1. The van der Waals surface area contributed by atoms with E-state index >= 15 is 0 Å². The van der Waals surface area contributed by atoms with Gasteiger partial charge in [-0.15, -0.1) is 0 Å². The van der Waals surface area contributed by atoms with E-state index in [0.29, 0.717) is 5.75 Å². The number of quaternary nitrogens is 1. The maximum Gasteiger partial charge on any atom is 0.412 e. The van der Waals surface area contributed by atoms with Crippen LogP contribution in [0.15, 0.2) is 24.3 Å². The molecule has 0 spiro atoms. The van der Waals surface area contributed by atoms with Gasteiger partial charge in [0, 0.05) is 19.2 Å². The monoisotopic (exact) mass is 209 g/mol. The summed E-state index contributed by atoms with van der Waals surface area (Å²) in [7, 11) is 7.76. The molecule has 0 aliphatic carbocycles. The predicted molar refractivity (Wildman–Crippen MR) is 61.1 cm³/mol. The van der Waals surface area contributed by atoms with Gasteiger partial charge in [0.15, 0.2) is 0 Å². The van der Waals surface area contributed by atoms with Gasteiger partial charge in [0.1, 0.15) is 11.4 Å². The van der Waals surface area contributed by atoms with Crippen LogP contribution in [0.25, 0.3) is 0 Å². The maximum atomic E-state index is 10.9. The minimum Gasteiger partial charge on any atom is -0.410 e. The normalized spacial score (nSPS) is 10.9. The molecule has 0 saturated carbocycles. The Bertz CT molecular complexity index is 339. The van der Waals surface area contributed by atoms with Gasteiger partial charge in [0.05, 0.1) is 21.1 Å². The summed E-state index contributed by atoms with van der Waals surface area (Å²) in [6.07, 6.45) is -0.451. The molecule has 4 nitrogen and oxygen atoms in total. The molecule has 82 valence electrons. The minimum absolute atomic E-state index is 0.451. The Balaban J connectivity index is 2.77. The molecule has 1 aromatic carbocycles. The second-order valence-corrected chi connectivity index (χ2v) is 4.15. The van der Waals surface area contributed by atoms with Gasteiger partial charge < -0.3 is 10.1 Å². The summed E-state index contributed by atoms with van der Waals surface area (Å²) in [4.78, 5) is 10.9. The van der Waals surface area contributed by atoms with E-state index in [-0.39, 0.29) is 0 Å². The van der Waals surface area contributed by atoms with Crippen LogP contribution in [0.3, 0.4) is 0 Å². The molecule has 0 aliphatic heterocycles. The van der Waals surface area contributed by atoms with Crippen molar-refractivity contribution in [1.82, 2.24) is 9.80 Å². The van der Waals surface area contributed by atoms with Gasteiger partial charge in [-0.1, -0.05) is 0 Å². The smallest absolute Gasteiger partial charge is 0.410 e. The molecule has 4 heteroatoms. The lowest BCUT2D eigenvalue weighted by Crippen LogP contribution is -2.34. The zero-order valence-corrected chi connectivity index (χ0v) is 9.57. The molecule has 0 fully saturated rings. The van der Waals surface area contributed by atoms with Gasteiger partial charge >= 0.3 is 6.09 Å². The third-order valence-electron chi connectivity index (χ3n) is 2.03. The number of amides is 1. The fourth-order valence-corrected chi connectivity index (χ4v) is 1.12. The van der Waals surface area contributed by atoms with Crippen molar-refractivity contribution in [3.8, 4) is 5.75 Å². The zero-order valence-electron chi connectivity index (χ0n) is 9.57. The highest BCUT2D eigenvalue weighted by Gasteiger charge is 2.11. The van der Waals surface area contributed by atoms with E-state index in [1.165, 1.54) is 7.05 Å². The second-order valence-electron chi connectivity index (χ2n) is 4.15. The van der Waals surface area contributed by atoms with Crippen molar-refractivity contribution in [1.29, 1.82) is 0 Å². The highest BCUT2D eigenvalue weighted by Crippen LogP contribution is 2.20. The largest absolute Gasteiger partial charge is 0.412 e. The summed E-state index contributed by atoms with van der Waals surface area (Å²) in [5.74, 6) is 0.548. The fourth-order valence-electron chi connectivity index (χ4n) is 1.12. The highest BCUT2D eigenvalue weighted by atomic mass is 16.5. The Morgan fingerprint density at radius 2 is 1.73 bits per heavy atom. The average Bonchev–Trinajstić information content (AvgIpc) is 2.17. The summed E-state index contributed by atoms with van der Waals surface area (Å²) in [5.41, 5.74) is 1.15. The van der Waals surface area contributed by atoms with Crippen LogP contribution >= 0.6 is 0 Å². The standard InChI is InChI=1S/C11H16N2O2/c1-12-11(14)15-10-7-5-9(6-8-10)13(2,3)4/h5-8H,1-4H3/p+1. The topological polar surface area (TPSA) is 38.3 Å². The number of nitrogens with one attached hydrogen (secondary N) is 1. The molecule has 0 bridgehead atoms. The molecule has 0 aromatic heterocycles. The van der Waals surface area contributed by atoms with Crippen LogP contribution in [-0.4, -0.2) is 34.3 Å². The number of ether oxygens (including phenoxy) is 1. The Kier molecular flexibility index (Phi) is 3.31. The van der Waals surface area contributed by atoms with E-state index in [0.717, 1.165) is 10.2 Å². The molecule has 0 atom stereocenters. The average molecular weight is 209 g/mol. The van der Waals surface area contributed by atoms with Crippen molar-refractivity contribution in [2.75, 3.05) is 28.2 Å². The molecule has 0 radical (unpaired) electrons. The number of carbonyl (C=O) groups excluding carboxylic acids is 1. The highest BCUT2D eigenvalue weighted by molar-refractivity contribution is 5.70. The molecular weight excluding hydrogens is 192 g/mol. The van der Waals surface area contributed by atoms with E-state index in [1.807, 2.05) is 12.1 Å². The van der Waals surface area contributed by atoms with Crippen LogP contribution in [0.4, 0.5) is 10.5 Å². The van der Waals surface area contributed by atoms with Crippen LogP contribution < -0.4 is 14.5 Å². The molecule has 1 aromatic rings. The van der Waals surface area contributed by atoms with Gasteiger partial charge in [0.2, 0.25) is 0 Å². The molecular formula is C11H17N2O2+. The predicted octanol–water partition coefficient (Wildman–Crippen LogP) is 1.60. The summed E-state index contributed by atoms with van der Waals surface area (Å²) < 4.78 is 5.71. The zero-order chi connectivity index (χ0) is 11.5. The van der Waals surface area contributed by atoms with Gasteiger partial charge in [0.25, 0.3) is 0 Å². The van der Waals surface area contributed by atoms with E-state index in [2.05, 4.69) is 26.5 Å². The summed E-state index contributed by atoms with van der Waals surface area (Å²) in [6, 6.07) is 7.46. The van der Waals surface area contributed by atoms with Crippen molar-refractivity contribution in [2.24, 2.45) is 0 Å². The first-order valence-electron chi connectivity index (χ1n) is 4.75. The molecule has 0 saturated heterocycles. The summed E-state index contributed by atoms with van der Waals surface area (Å²) in [5, 5.41) is 2.39. The van der Waals surface area contributed by atoms with Crippen LogP contribution in [0.2, 0.25) is 0 Å². The Labute approximate surface area is 90.1 Å². The van der Waals surface area contributed by atoms with Gasteiger partial charge in [-0.3, -0.25) is 4.48 Å². The first kappa shape index (κ1) is 11.5. The van der Waals surface area contributed by atoms with Crippen LogP contribution in [0, 0.1) is 0 Å². The van der Waals surface area contributed by atoms with Crippen LogP contribution in [0.1, 0.15) is 0 Å². The van der Waals surface area contributed by atoms with Gasteiger partial charge in [-0.2, -0.15) is 0 Å². The quantitative estimate of drug-likeness (QED) is 0.751. The lowest BCUT2D eigenvalue weighted by atomic mass is 10.2. The minimum atomic E-state index is -0.451. The van der Waals surface area contributed by atoms with E-state index in [1.54, 1.807) is 12.1 Å². The number of benzene rings is 1. The first-order chi connectivity index (χ1) is 6.93. The molecule has 1 amide bonds. The van der Waals surface area contributed by atoms with Crippen molar-refractivity contribution in [3.05, 3.63) is 24.3 Å². The van der Waals surface area contributed by atoms with Gasteiger partial charge in [-0.05, 0) is 12.1 Å². The fraction of sp³-hybridized carbons (Fsp3) is 0.364. The van der Waals surface area contributed by atoms with Crippen molar-refractivity contribution >= 4 is 11.8 Å². The van der Waals surface area contributed by atoms with Crippen LogP contribution in [-0.2, 0) is 0 Å². The lowest BCUT2D eigenvalue weighted by molar-refractivity contribution is 0.203. The van der Waals surface area contributed by atoms with Gasteiger partial charge in [-0.25, -0.2) is 4.79 Å². The third kappa shape index (κ3) is 3.25. The van der Waals surface area contributed by atoms with Crippen molar-refractivity contribution in [3.63, 3.8) is 0 Å². The number of rotatable bonds is 2. The van der Waals surface area contributed by atoms with Crippen LogP contribution in [0.5, 0.6) is 5.75 Å². The third-order valence-corrected chi connectivity index (χ3v) is 2.03. The summed E-state index contributed by atoms with van der Waals surface area (Å²) in [6.45, 7) is 0. The Hall–Kier alpha value is -1.55.